The molecular weight excluding hydrogens is 116 g/mol. The molecule has 0 aromatic rings. The van der Waals surface area contributed by atoms with Gasteiger partial charge in [0.2, 0.25) is 0 Å². The minimum Gasteiger partial charge on any atom is -0.497 e. The molecule has 1 aliphatic rings. The first-order valence-electron chi connectivity index (χ1n) is 3.17. The van der Waals surface area contributed by atoms with Gasteiger partial charge < -0.3 is 4.74 Å². The van der Waals surface area contributed by atoms with Crippen molar-refractivity contribution in [2.45, 2.75) is 25.9 Å². The number of ether oxygens (including phenoxy) is 1. The second kappa shape index (κ2) is 2.67. The van der Waals surface area contributed by atoms with Gasteiger partial charge in [0.1, 0.15) is 6.10 Å². The monoisotopic (exact) mass is 126 g/mol. The van der Waals surface area contributed by atoms with E-state index in [1.165, 1.54) is 12.3 Å². The van der Waals surface area contributed by atoms with Gasteiger partial charge in [-0.15, -0.1) is 0 Å². The van der Waals surface area contributed by atoms with Crippen LogP contribution >= 0.6 is 0 Å². The van der Waals surface area contributed by atoms with Gasteiger partial charge in [-0.25, -0.2) is 0 Å². The predicted octanol–water partition coefficient (Wildman–Crippen LogP) is 1.27. The quantitative estimate of drug-likeness (QED) is 0.528. The Kier molecular flexibility index (Phi) is 1.88. The highest BCUT2D eigenvalue weighted by Crippen LogP contribution is 2.09. The maximum Gasteiger partial charge on any atom is 0.162 e. The zero-order chi connectivity index (χ0) is 6.69. The fourth-order valence-electron chi connectivity index (χ4n) is 0.807. The lowest BCUT2D eigenvalue weighted by Crippen LogP contribution is -2.16. The number of ketones is 1. The zero-order valence-corrected chi connectivity index (χ0v) is 5.46. The molecule has 0 saturated carbocycles. The average Bonchev–Trinajstić information content (AvgIpc) is 1.88. The van der Waals surface area contributed by atoms with Gasteiger partial charge in [0.15, 0.2) is 5.78 Å². The van der Waals surface area contributed by atoms with E-state index in [9.17, 15) is 4.79 Å². The molecule has 0 saturated heterocycles. The molecule has 1 atom stereocenters. The summed E-state index contributed by atoms with van der Waals surface area (Å²) in [5.74, 6) is 0.174. The zero-order valence-electron chi connectivity index (χ0n) is 5.46. The van der Waals surface area contributed by atoms with Crippen molar-refractivity contribution in [3.63, 3.8) is 0 Å². The topological polar surface area (TPSA) is 26.3 Å². The van der Waals surface area contributed by atoms with Gasteiger partial charge in [-0.3, -0.25) is 4.79 Å². The molecule has 0 radical (unpaired) electrons. The fraction of sp³-hybridized carbons (Fsp3) is 0.571. The summed E-state index contributed by atoms with van der Waals surface area (Å²) in [4.78, 5) is 10.7. The summed E-state index contributed by atoms with van der Waals surface area (Å²) in [5, 5.41) is 0. The Morgan fingerprint density at radius 2 is 2.67 bits per heavy atom. The Morgan fingerprint density at radius 3 is 3.11 bits per heavy atom. The van der Waals surface area contributed by atoms with Crippen LogP contribution in [0, 0.1) is 0 Å². The van der Waals surface area contributed by atoms with Crippen molar-refractivity contribution in [3.8, 4) is 0 Å². The molecule has 0 bridgehead atoms. The largest absolute Gasteiger partial charge is 0.497 e. The Balaban J connectivity index is 2.47. The molecule has 9 heavy (non-hydrogen) atoms. The molecule has 1 unspecified atom stereocenters. The van der Waals surface area contributed by atoms with E-state index in [1.807, 2.05) is 6.92 Å². The first-order valence-corrected chi connectivity index (χ1v) is 3.17. The minimum atomic E-state index is 0.127. The van der Waals surface area contributed by atoms with Crippen LogP contribution in [0.4, 0.5) is 0 Å². The molecule has 0 amide bonds. The normalized spacial score (nSPS) is 25.9. The summed E-state index contributed by atoms with van der Waals surface area (Å²) in [5.41, 5.74) is 0. The summed E-state index contributed by atoms with van der Waals surface area (Å²) in [6, 6.07) is 0. The number of rotatable bonds is 1. The third kappa shape index (κ3) is 1.56. The number of carbonyl (C=O) groups excluding carboxylic acids is 1. The molecule has 0 N–H and O–H groups in total. The van der Waals surface area contributed by atoms with Gasteiger partial charge >= 0.3 is 0 Å². The second-order valence-electron chi connectivity index (χ2n) is 2.14. The van der Waals surface area contributed by atoms with Crippen molar-refractivity contribution in [2.24, 2.45) is 0 Å². The summed E-state index contributed by atoms with van der Waals surface area (Å²) < 4.78 is 5.10. The Morgan fingerprint density at radius 1 is 1.89 bits per heavy atom. The Labute approximate surface area is 54.5 Å². The predicted molar refractivity (Wildman–Crippen MR) is 33.9 cm³/mol. The van der Waals surface area contributed by atoms with Crippen LogP contribution in [-0.2, 0) is 9.53 Å². The summed E-state index contributed by atoms with van der Waals surface area (Å²) in [6.07, 6.45) is 4.55. The number of hydrogen-bond acceptors (Lipinski definition) is 2. The highest BCUT2D eigenvalue weighted by Gasteiger charge is 2.13. The minimum absolute atomic E-state index is 0.127. The first-order chi connectivity index (χ1) is 4.33. The summed E-state index contributed by atoms with van der Waals surface area (Å²) >= 11 is 0. The first kappa shape index (κ1) is 6.33. The van der Waals surface area contributed by atoms with Crippen molar-refractivity contribution >= 4 is 5.78 Å². The van der Waals surface area contributed by atoms with Crippen LogP contribution in [0.15, 0.2) is 12.3 Å². The van der Waals surface area contributed by atoms with E-state index in [1.54, 1.807) is 0 Å². The molecule has 0 aromatic heterocycles. The third-order valence-electron chi connectivity index (χ3n) is 1.41. The van der Waals surface area contributed by atoms with Gasteiger partial charge in [-0.2, -0.15) is 0 Å². The van der Waals surface area contributed by atoms with E-state index < -0.39 is 0 Å². The fourth-order valence-corrected chi connectivity index (χ4v) is 0.807. The molecule has 2 nitrogen and oxygen atoms in total. The Hall–Kier alpha value is -0.790. The summed E-state index contributed by atoms with van der Waals surface area (Å²) in [6.45, 7) is 2.01. The van der Waals surface area contributed by atoms with Gasteiger partial charge in [-0.05, 0) is 6.42 Å². The molecule has 1 heterocycles. The van der Waals surface area contributed by atoms with Gasteiger partial charge in [-0.1, -0.05) is 6.92 Å². The molecule has 0 aliphatic carbocycles. The lowest BCUT2D eigenvalue weighted by atomic mass is 10.1. The summed E-state index contributed by atoms with van der Waals surface area (Å²) in [7, 11) is 0. The lowest BCUT2D eigenvalue weighted by molar-refractivity contribution is -0.118. The molecule has 0 fully saturated rings. The van der Waals surface area contributed by atoms with Crippen molar-refractivity contribution in [1.82, 2.24) is 0 Å². The highest BCUT2D eigenvalue weighted by atomic mass is 16.5. The number of hydrogen-bond donors (Lipinski definition) is 0. The maximum atomic E-state index is 10.7. The van der Waals surface area contributed by atoms with Crippen LogP contribution in [0.2, 0.25) is 0 Å². The van der Waals surface area contributed by atoms with E-state index in [0.29, 0.717) is 6.42 Å². The van der Waals surface area contributed by atoms with Crippen LogP contribution in [0.25, 0.3) is 0 Å². The van der Waals surface area contributed by atoms with E-state index in [2.05, 4.69) is 0 Å². The van der Waals surface area contributed by atoms with E-state index >= 15 is 0 Å². The van der Waals surface area contributed by atoms with Crippen LogP contribution < -0.4 is 0 Å². The van der Waals surface area contributed by atoms with Gasteiger partial charge in [0, 0.05) is 12.5 Å². The van der Waals surface area contributed by atoms with E-state index in [-0.39, 0.29) is 11.9 Å². The van der Waals surface area contributed by atoms with E-state index in [0.717, 1.165) is 6.42 Å². The van der Waals surface area contributed by atoms with Crippen molar-refractivity contribution < 1.29 is 9.53 Å². The molecule has 0 aromatic carbocycles. The molecule has 50 valence electrons. The van der Waals surface area contributed by atoms with Gasteiger partial charge in [0.25, 0.3) is 0 Å². The van der Waals surface area contributed by atoms with Crippen LogP contribution in [0.5, 0.6) is 0 Å². The van der Waals surface area contributed by atoms with Crippen LogP contribution in [-0.4, -0.2) is 11.9 Å². The van der Waals surface area contributed by atoms with Crippen LogP contribution in [0.3, 0.4) is 0 Å². The average molecular weight is 126 g/mol. The standard InChI is InChI=1S/C7H10O2/c1-2-7-5-6(8)3-4-9-7/h3-4,7H,2,5H2,1H3. The van der Waals surface area contributed by atoms with Crippen molar-refractivity contribution in [3.05, 3.63) is 12.3 Å². The molecule has 1 aliphatic heterocycles. The number of allylic oxidation sites excluding steroid dienone is 1. The highest BCUT2D eigenvalue weighted by molar-refractivity contribution is 5.90. The smallest absolute Gasteiger partial charge is 0.162 e. The van der Waals surface area contributed by atoms with E-state index in [4.69, 9.17) is 4.74 Å². The third-order valence-corrected chi connectivity index (χ3v) is 1.41. The molecule has 1 rings (SSSR count). The van der Waals surface area contributed by atoms with Crippen molar-refractivity contribution in [1.29, 1.82) is 0 Å². The lowest BCUT2D eigenvalue weighted by Gasteiger charge is -2.15. The number of carbonyl (C=O) groups is 1. The molecular formula is C7H10O2. The Bertz CT molecular complexity index is 138. The van der Waals surface area contributed by atoms with Crippen molar-refractivity contribution in [2.75, 3.05) is 0 Å². The van der Waals surface area contributed by atoms with Crippen LogP contribution in [0.1, 0.15) is 19.8 Å². The molecule has 0 spiro atoms. The SMILES string of the molecule is CCC1CC(=O)C=CO1. The second-order valence-corrected chi connectivity index (χ2v) is 2.14. The van der Waals surface area contributed by atoms with Gasteiger partial charge in [0.05, 0.1) is 6.26 Å². The maximum absolute atomic E-state index is 10.7. The molecule has 2 heteroatoms.